The third kappa shape index (κ3) is 33.1. The Morgan fingerprint density at radius 2 is 1.06 bits per heavy atom. The van der Waals surface area contributed by atoms with Gasteiger partial charge in [0.1, 0.15) is 12.6 Å². The molecular formula is C44H77NO7. The molecule has 0 aliphatic heterocycles. The van der Waals surface area contributed by atoms with Crippen LogP contribution in [0.4, 0.5) is 0 Å². The number of allylic oxidation sites excluding steroid dienone is 8. The van der Waals surface area contributed by atoms with Crippen LogP contribution in [-0.4, -0.2) is 75.5 Å². The van der Waals surface area contributed by atoms with Crippen LogP contribution in [0.25, 0.3) is 0 Å². The van der Waals surface area contributed by atoms with Crippen LogP contribution in [0.1, 0.15) is 162 Å². The number of esters is 2. The molecule has 0 radical (unpaired) electrons. The largest absolute Gasteiger partial charge is 0.544 e. The monoisotopic (exact) mass is 732 g/mol. The van der Waals surface area contributed by atoms with Gasteiger partial charge >= 0.3 is 11.9 Å². The summed E-state index contributed by atoms with van der Waals surface area (Å²) < 4.78 is 17.1. The molecule has 2 atom stereocenters. The van der Waals surface area contributed by atoms with E-state index >= 15 is 0 Å². The van der Waals surface area contributed by atoms with E-state index in [4.69, 9.17) is 14.2 Å². The van der Waals surface area contributed by atoms with Crippen molar-refractivity contribution in [3.63, 3.8) is 0 Å². The van der Waals surface area contributed by atoms with E-state index in [1.807, 2.05) is 0 Å². The minimum atomic E-state index is -1.13. The maximum atomic E-state index is 12.7. The lowest BCUT2D eigenvalue weighted by Crippen LogP contribution is -2.55. The Kier molecular flexibility index (Phi) is 33.5. The number of aliphatic carboxylic acids is 1. The number of likely N-dealkylation sites (N-methyl/N-ethyl adjacent to an activating group) is 1. The summed E-state index contributed by atoms with van der Waals surface area (Å²) in [5.41, 5.74) is 0. The first-order chi connectivity index (χ1) is 25.1. The Morgan fingerprint density at radius 1 is 0.577 bits per heavy atom. The number of carbonyl (C=O) groups is 3. The number of carboxylic acid groups (broad SMARTS) is 1. The molecule has 0 saturated heterocycles. The van der Waals surface area contributed by atoms with E-state index in [1.54, 1.807) is 21.1 Å². The van der Waals surface area contributed by atoms with Crippen molar-refractivity contribution in [2.24, 2.45) is 0 Å². The highest BCUT2D eigenvalue weighted by Gasteiger charge is 2.25. The average molecular weight is 732 g/mol. The molecule has 0 aromatic heterocycles. The van der Waals surface area contributed by atoms with Crippen molar-refractivity contribution in [3.8, 4) is 0 Å². The van der Waals surface area contributed by atoms with Crippen molar-refractivity contribution < 1.29 is 38.2 Å². The van der Waals surface area contributed by atoms with E-state index in [0.717, 1.165) is 83.5 Å². The van der Waals surface area contributed by atoms with E-state index in [0.29, 0.717) is 12.8 Å². The molecule has 0 fully saturated rings. The van der Waals surface area contributed by atoms with Crippen LogP contribution >= 0.6 is 0 Å². The van der Waals surface area contributed by atoms with Crippen LogP contribution < -0.4 is 5.11 Å². The normalized spacial score (nSPS) is 13.5. The van der Waals surface area contributed by atoms with Crippen molar-refractivity contribution in [3.05, 3.63) is 48.6 Å². The van der Waals surface area contributed by atoms with Crippen LogP contribution in [0.2, 0.25) is 0 Å². The van der Waals surface area contributed by atoms with Gasteiger partial charge in [0.25, 0.3) is 0 Å². The number of carboxylic acids is 1. The van der Waals surface area contributed by atoms with Crippen molar-refractivity contribution in [2.45, 2.75) is 174 Å². The predicted octanol–water partition coefficient (Wildman–Crippen LogP) is 9.52. The molecule has 0 aliphatic rings. The van der Waals surface area contributed by atoms with Gasteiger partial charge in [-0.15, -0.1) is 0 Å². The number of quaternary nitrogens is 1. The minimum absolute atomic E-state index is 0.0276. The SMILES string of the molecule is CCCC/C=C/CCCCCCC(=O)OCC(COCCC(C(=O)[O-])[N+](C)(C)C)OC(=O)CCCCCCC/C=C/C=C/C=C/CCCCCCC. The van der Waals surface area contributed by atoms with Crippen LogP contribution in [0.5, 0.6) is 0 Å². The van der Waals surface area contributed by atoms with Gasteiger partial charge in [-0.1, -0.05) is 133 Å². The third-order valence-corrected chi connectivity index (χ3v) is 9.00. The topological polar surface area (TPSA) is 102 Å². The van der Waals surface area contributed by atoms with Crippen molar-refractivity contribution >= 4 is 17.9 Å². The zero-order chi connectivity index (χ0) is 38.5. The summed E-state index contributed by atoms with van der Waals surface area (Å²) in [5, 5.41) is 11.6. The van der Waals surface area contributed by atoms with Gasteiger partial charge in [0.15, 0.2) is 6.10 Å². The zero-order valence-electron chi connectivity index (χ0n) is 34.0. The van der Waals surface area contributed by atoms with Crippen LogP contribution in [-0.2, 0) is 28.6 Å². The highest BCUT2D eigenvalue weighted by molar-refractivity contribution is 5.70. The highest BCUT2D eigenvalue weighted by atomic mass is 16.6. The quantitative estimate of drug-likeness (QED) is 0.0208. The molecule has 0 rings (SSSR count). The van der Waals surface area contributed by atoms with Gasteiger partial charge in [0.2, 0.25) is 0 Å². The second-order valence-corrected chi connectivity index (χ2v) is 14.9. The molecule has 8 nitrogen and oxygen atoms in total. The summed E-state index contributed by atoms with van der Waals surface area (Å²) in [6, 6.07) is -0.731. The maximum absolute atomic E-state index is 12.7. The van der Waals surface area contributed by atoms with E-state index < -0.39 is 18.1 Å². The Bertz CT molecular complexity index is 995. The highest BCUT2D eigenvalue weighted by Crippen LogP contribution is 2.12. The summed E-state index contributed by atoms with van der Waals surface area (Å²) in [6.45, 7) is 4.55. The van der Waals surface area contributed by atoms with Gasteiger partial charge in [-0.3, -0.25) is 9.59 Å². The predicted molar refractivity (Wildman–Crippen MR) is 213 cm³/mol. The van der Waals surface area contributed by atoms with Gasteiger partial charge in [-0.2, -0.15) is 0 Å². The van der Waals surface area contributed by atoms with Crippen molar-refractivity contribution in [1.29, 1.82) is 0 Å². The second-order valence-electron chi connectivity index (χ2n) is 14.9. The van der Waals surface area contributed by atoms with Crippen molar-refractivity contribution in [2.75, 3.05) is 41.0 Å². The molecule has 300 valence electrons. The number of hydrogen-bond donors (Lipinski definition) is 0. The fraction of sp³-hybridized carbons (Fsp3) is 0.750. The number of unbranched alkanes of at least 4 members (excludes halogenated alkanes) is 16. The second kappa shape index (κ2) is 35.3. The molecule has 0 aromatic carbocycles. The lowest BCUT2D eigenvalue weighted by atomic mass is 10.1. The van der Waals surface area contributed by atoms with Crippen molar-refractivity contribution in [1.82, 2.24) is 0 Å². The van der Waals surface area contributed by atoms with Crippen LogP contribution in [0, 0.1) is 0 Å². The summed E-state index contributed by atoms with van der Waals surface area (Å²) in [5.74, 6) is -1.78. The van der Waals surface area contributed by atoms with Gasteiger partial charge in [0, 0.05) is 19.3 Å². The summed E-state index contributed by atoms with van der Waals surface area (Å²) >= 11 is 0. The lowest BCUT2D eigenvalue weighted by molar-refractivity contribution is -0.889. The van der Waals surface area contributed by atoms with Gasteiger partial charge in [-0.05, 0) is 57.8 Å². The Morgan fingerprint density at radius 3 is 1.60 bits per heavy atom. The third-order valence-electron chi connectivity index (χ3n) is 9.00. The Labute approximate surface area is 318 Å². The molecule has 0 aliphatic carbocycles. The van der Waals surface area contributed by atoms with Gasteiger partial charge < -0.3 is 28.6 Å². The molecule has 0 bridgehead atoms. The molecule has 2 unspecified atom stereocenters. The van der Waals surface area contributed by atoms with E-state index in [1.165, 1.54) is 44.9 Å². The number of carbonyl (C=O) groups excluding carboxylic acids is 3. The van der Waals surface area contributed by atoms with Gasteiger partial charge in [0.05, 0.1) is 40.3 Å². The molecule has 0 amide bonds. The van der Waals surface area contributed by atoms with E-state index in [9.17, 15) is 19.5 Å². The average Bonchev–Trinajstić information content (AvgIpc) is 3.09. The number of rotatable bonds is 36. The first-order valence-electron chi connectivity index (χ1n) is 20.7. The molecule has 0 heterocycles. The van der Waals surface area contributed by atoms with E-state index in [2.05, 4.69) is 62.5 Å². The molecule has 0 aromatic rings. The van der Waals surface area contributed by atoms with E-state index in [-0.39, 0.29) is 42.7 Å². The summed E-state index contributed by atoms with van der Waals surface area (Å²) in [4.78, 5) is 36.7. The Hall–Kier alpha value is -2.71. The smallest absolute Gasteiger partial charge is 0.306 e. The molecular weight excluding hydrogens is 654 g/mol. The fourth-order valence-corrected chi connectivity index (χ4v) is 5.70. The van der Waals surface area contributed by atoms with Gasteiger partial charge in [-0.25, -0.2) is 0 Å². The summed E-state index contributed by atoms with van der Waals surface area (Å²) in [7, 11) is 5.38. The lowest BCUT2D eigenvalue weighted by Gasteiger charge is -2.34. The van der Waals surface area contributed by atoms with Crippen LogP contribution in [0.15, 0.2) is 48.6 Å². The minimum Gasteiger partial charge on any atom is -0.544 e. The van der Waals surface area contributed by atoms with Crippen LogP contribution in [0.3, 0.4) is 0 Å². The molecule has 52 heavy (non-hydrogen) atoms. The molecule has 0 spiro atoms. The number of hydrogen-bond acceptors (Lipinski definition) is 7. The first kappa shape index (κ1) is 49.3. The molecule has 0 saturated carbocycles. The summed E-state index contributed by atoms with van der Waals surface area (Å²) in [6.07, 6.45) is 39.9. The standard InChI is InChI=1S/C44H77NO7/c1-6-8-10-12-14-16-18-19-20-21-22-23-24-25-27-29-31-33-35-43(47)52-40(38-50-37-36-41(44(48)49)45(3,4)5)39-51-42(46)34-32-30-28-26-17-15-13-11-9-7-2/h13,15,18-23,40-41H,6-12,14,16-17,24-39H2,1-5H3/b15-13+,19-18+,21-20+,23-22+. The maximum Gasteiger partial charge on any atom is 0.306 e. The molecule has 8 heteroatoms. The Balaban J connectivity index is 4.42. The zero-order valence-corrected chi connectivity index (χ0v) is 34.0. The first-order valence-corrected chi connectivity index (χ1v) is 20.7. The molecule has 0 N–H and O–H groups in total. The fourth-order valence-electron chi connectivity index (χ4n) is 5.70. The number of nitrogens with zero attached hydrogens (tertiary/aromatic N) is 1. The number of ether oxygens (including phenoxy) is 3.